The number of esters is 1. The number of nitrogens with zero attached hydrogens (tertiary/aromatic N) is 2. The van der Waals surface area contributed by atoms with Crippen molar-refractivity contribution < 1.29 is 19.0 Å². The lowest BCUT2D eigenvalue weighted by atomic mass is 9.96. The van der Waals surface area contributed by atoms with Crippen molar-refractivity contribution >= 4 is 50.9 Å². The maximum atomic E-state index is 14.0. The summed E-state index contributed by atoms with van der Waals surface area (Å²) in [5, 5.41) is 0.658. The molecule has 10 heteroatoms. The van der Waals surface area contributed by atoms with Gasteiger partial charge in [0.15, 0.2) is 4.80 Å². The summed E-state index contributed by atoms with van der Waals surface area (Å²) >= 11 is 10.8. The molecule has 0 N–H and O–H groups in total. The second-order valence-corrected chi connectivity index (χ2v) is 11.4. The predicted molar refractivity (Wildman–Crippen MR) is 163 cm³/mol. The van der Waals surface area contributed by atoms with Gasteiger partial charge in [-0.25, -0.2) is 9.79 Å². The normalized spacial score (nSPS) is 14.9. The van der Waals surface area contributed by atoms with Gasteiger partial charge in [0.05, 0.1) is 40.0 Å². The summed E-state index contributed by atoms with van der Waals surface area (Å²) in [5.41, 5.74) is 2.98. The average molecular weight is 654 g/mol. The molecule has 0 spiro atoms. The van der Waals surface area contributed by atoms with Crippen molar-refractivity contribution in [3.63, 3.8) is 0 Å². The van der Waals surface area contributed by atoms with Crippen LogP contribution in [-0.4, -0.2) is 24.3 Å². The molecule has 0 saturated heterocycles. The van der Waals surface area contributed by atoms with E-state index in [4.69, 9.17) is 25.8 Å². The smallest absolute Gasteiger partial charge is 0.338 e. The maximum absolute atomic E-state index is 14.0. The van der Waals surface area contributed by atoms with Crippen LogP contribution in [-0.2, 0) is 16.1 Å². The largest absolute Gasteiger partial charge is 0.496 e. The molecule has 0 radical (unpaired) electrons. The zero-order chi connectivity index (χ0) is 29.1. The van der Waals surface area contributed by atoms with E-state index in [9.17, 15) is 9.59 Å². The number of fused-ring (bicyclic) bond motifs is 1. The van der Waals surface area contributed by atoms with E-state index in [1.807, 2.05) is 60.7 Å². The number of aromatic nitrogens is 1. The first-order chi connectivity index (χ1) is 19.8. The van der Waals surface area contributed by atoms with Gasteiger partial charge in [0.25, 0.3) is 5.56 Å². The summed E-state index contributed by atoms with van der Waals surface area (Å²) in [5.74, 6) is 0.753. The van der Waals surface area contributed by atoms with E-state index < -0.39 is 12.0 Å². The Kier molecular flexibility index (Phi) is 8.77. The Balaban J connectivity index is 1.60. The zero-order valence-electron chi connectivity index (χ0n) is 22.5. The van der Waals surface area contributed by atoms with Crippen LogP contribution in [0.15, 0.2) is 92.3 Å². The molecule has 1 atom stereocenters. The van der Waals surface area contributed by atoms with Gasteiger partial charge in [-0.15, -0.1) is 0 Å². The fraction of sp³-hybridized carbons (Fsp3) is 0.194. The topological polar surface area (TPSA) is 79.1 Å². The maximum Gasteiger partial charge on any atom is 0.338 e. The number of halogens is 2. The van der Waals surface area contributed by atoms with Crippen molar-refractivity contribution in [2.75, 3.05) is 13.7 Å². The lowest BCUT2D eigenvalue weighted by Gasteiger charge is -2.25. The SMILES string of the molecule is CCOC(=O)C1=C(C)N=c2s/c(=C/c3ccccc3OCc3ccc(Cl)cc3)c(=O)n2[C@@H]1c1ccc(OC)c(Br)c1. The number of para-hydroxylation sites is 1. The molecule has 4 aromatic rings. The van der Waals surface area contributed by atoms with Crippen LogP contribution < -0.4 is 24.4 Å². The van der Waals surface area contributed by atoms with E-state index in [0.717, 1.165) is 16.7 Å². The molecule has 0 saturated carbocycles. The average Bonchev–Trinajstić information content (AvgIpc) is 3.26. The van der Waals surface area contributed by atoms with Crippen LogP contribution in [0.25, 0.3) is 6.08 Å². The van der Waals surface area contributed by atoms with Crippen LogP contribution in [0.4, 0.5) is 0 Å². The molecule has 3 aromatic carbocycles. The minimum Gasteiger partial charge on any atom is -0.496 e. The van der Waals surface area contributed by atoms with Crippen LogP contribution in [0.2, 0.25) is 5.02 Å². The number of benzene rings is 3. The molecule has 41 heavy (non-hydrogen) atoms. The summed E-state index contributed by atoms with van der Waals surface area (Å²) in [4.78, 5) is 32.3. The number of allylic oxidation sites excluding steroid dienone is 1. The summed E-state index contributed by atoms with van der Waals surface area (Å²) in [6, 6.07) is 19.7. The predicted octanol–water partition coefficient (Wildman–Crippen LogP) is 5.80. The van der Waals surface area contributed by atoms with Crippen LogP contribution in [0.5, 0.6) is 11.5 Å². The van der Waals surface area contributed by atoms with Crippen LogP contribution in [0.1, 0.15) is 36.6 Å². The van der Waals surface area contributed by atoms with E-state index >= 15 is 0 Å². The molecule has 7 nitrogen and oxygen atoms in total. The highest BCUT2D eigenvalue weighted by Crippen LogP contribution is 2.35. The van der Waals surface area contributed by atoms with E-state index in [2.05, 4.69) is 20.9 Å². The Hall–Kier alpha value is -3.66. The van der Waals surface area contributed by atoms with E-state index in [-0.39, 0.29) is 12.2 Å². The van der Waals surface area contributed by atoms with Gasteiger partial charge in [0.2, 0.25) is 0 Å². The van der Waals surface area contributed by atoms with Gasteiger partial charge in [-0.1, -0.05) is 59.3 Å². The quantitative estimate of drug-likeness (QED) is 0.225. The molecule has 1 aromatic heterocycles. The highest BCUT2D eigenvalue weighted by molar-refractivity contribution is 9.10. The number of thiazole rings is 1. The number of hydrogen-bond acceptors (Lipinski definition) is 7. The Labute approximate surface area is 254 Å². The number of rotatable bonds is 8. The minimum absolute atomic E-state index is 0.200. The number of carbonyl (C=O) groups is 1. The molecule has 2 heterocycles. The highest BCUT2D eigenvalue weighted by atomic mass is 79.9. The van der Waals surface area contributed by atoms with E-state index in [1.165, 1.54) is 11.3 Å². The van der Waals surface area contributed by atoms with E-state index in [1.54, 1.807) is 37.7 Å². The van der Waals surface area contributed by atoms with Gasteiger partial charge < -0.3 is 14.2 Å². The molecule has 1 aliphatic heterocycles. The van der Waals surface area contributed by atoms with Crippen molar-refractivity contribution in [3.8, 4) is 11.5 Å². The van der Waals surface area contributed by atoms with Gasteiger partial charge in [0, 0.05) is 10.6 Å². The third-order valence-corrected chi connectivity index (χ3v) is 8.38. The van der Waals surface area contributed by atoms with Crippen LogP contribution >= 0.6 is 38.9 Å². The zero-order valence-corrected chi connectivity index (χ0v) is 25.7. The first kappa shape index (κ1) is 28.9. The fourth-order valence-corrected chi connectivity index (χ4v) is 6.30. The van der Waals surface area contributed by atoms with Crippen molar-refractivity contribution in [3.05, 3.63) is 124 Å². The molecule has 1 aliphatic rings. The van der Waals surface area contributed by atoms with Gasteiger partial charge >= 0.3 is 5.97 Å². The molecule has 0 bridgehead atoms. The molecule has 0 aliphatic carbocycles. The molecule has 0 fully saturated rings. The summed E-state index contributed by atoms with van der Waals surface area (Å²) < 4.78 is 19.6. The molecule has 0 amide bonds. The number of ether oxygens (including phenoxy) is 3. The molecule has 5 rings (SSSR count). The minimum atomic E-state index is -0.731. The van der Waals surface area contributed by atoms with Gasteiger partial charge in [-0.3, -0.25) is 9.36 Å². The first-order valence-corrected chi connectivity index (χ1v) is 14.8. The molecule has 210 valence electrons. The highest BCUT2D eigenvalue weighted by Gasteiger charge is 2.33. The summed E-state index contributed by atoms with van der Waals surface area (Å²) in [6.07, 6.45) is 1.80. The standard InChI is InChI=1S/C31H26BrClN2O5S/c1-4-39-30(37)27-18(2)34-31-35(28(27)21-11-14-25(38-3)23(32)15-21)29(36)26(41-31)16-20-7-5-6-8-24(20)40-17-19-9-12-22(33)13-10-19/h5-16,28H,4,17H2,1-3H3/b26-16+/t28-/m1/s1. The fourth-order valence-electron chi connectivity index (χ4n) is 4.57. The second kappa shape index (κ2) is 12.5. The Morgan fingerprint density at radius 2 is 1.88 bits per heavy atom. The van der Waals surface area contributed by atoms with Gasteiger partial charge in [0.1, 0.15) is 18.1 Å². The Morgan fingerprint density at radius 3 is 2.59 bits per heavy atom. The Morgan fingerprint density at radius 1 is 1.12 bits per heavy atom. The lowest BCUT2D eigenvalue weighted by Crippen LogP contribution is -2.40. The molecular formula is C31H26BrClN2O5S. The number of methoxy groups -OCH3 is 1. The van der Waals surface area contributed by atoms with Crippen LogP contribution in [0.3, 0.4) is 0 Å². The van der Waals surface area contributed by atoms with Crippen molar-refractivity contribution in [1.82, 2.24) is 4.57 Å². The molecule has 0 unspecified atom stereocenters. The van der Waals surface area contributed by atoms with Crippen molar-refractivity contribution in [2.24, 2.45) is 4.99 Å². The van der Waals surface area contributed by atoms with Gasteiger partial charge in [-0.05, 0) is 77.3 Å². The second-order valence-electron chi connectivity index (χ2n) is 9.15. The van der Waals surface area contributed by atoms with Crippen molar-refractivity contribution in [2.45, 2.75) is 26.5 Å². The third-order valence-electron chi connectivity index (χ3n) is 6.52. The first-order valence-electron chi connectivity index (χ1n) is 12.8. The Bertz CT molecular complexity index is 1830. The molecular weight excluding hydrogens is 628 g/mol. The van der Waals surface area contributed by atoms with Gasteiger partial charge in [-0.2, -0.15) is 0 Å². The number of carbonyl (C=O) groups excluding carboxylic acids is 1. The van der Waals surface area contributed by atoms with Crippen molar-refractivity contribution in [1.29, 1.82) is 0 Å². The van der Waals surface area contributed by atoms with E-state index in [0.29, 0.717) is 48.2 Å². The van der Waals surface area contributed by atoms with Crippen LogP contribution in [0, 0.1) is 0 Å². The monoisotopic (exact) mass is 652 g/mol. The third kappa shape index (κ3) is 6.02. The number of hydrogen-bond donors (Lipinski definition) is 0. The summed E-state index contributed by atoms with van der Waals surface area (Å²) in [6.45, 7) is 4.05. The summed E-state index contributed by atoms with van der Waals surface area (Å²) in [7, 11) is 1.58. The lowest BCUT2D eigenvalue weighted by molar-refractivity contribution is -0.139.